The van der Waals surface area contributed by atoms with Crippen molar-refractivity contribution < 1.29 is 56.7 Å². The molecule has 3 aromatic carbocycles. The zero-order valence-corrected chi connectivity index (χ0v) is 23.8. The molecule has 42 heavy (non-hydrogen) atoms. The molecule has 0 saturated heterocycles. The lowest BCUT2D eigenvalue weighted by Gasteiger charge is -2.19. The van der Waals surface area contributed by atoms with E-state index < -0.39 is 105 Å². The molecule has 6 N–H and O–H groups in total. The van der Waals surface area contributed by atoms with E-state index in [0.717, 1.165) is 37.4 Å². The van der Waals surface area contributed by atoms with Crippen molar-refractivity contribution in [2.75, 3.05) is 12.8 Å². The lowest BCUT2D eigenvalue weighted by molar-refractivity contribution is 0.106. The highest BCUT2D eigenvalue weighted by molar-refractivity contribution is 7.91. The lowest BCUT2D eigenvalue weighted by Crippen LogP contribution is -2.27. The Morgan fingerprint density at radius 3 is 1.88 bits per heavy atom. The molecule has 4 rings (SSSR count). The summed E-state index contributed by atoms with van der Waals surface area (Å²) in [5.74, 6) is -1.19. The molecule has 0 heterocycles. The number of fused-ring (bicyclic) bond motifs is 2. The van der Waals surface area contributed by atoms with E-state index in [1.807, 2.05) is 0 Å². The average Bonchev–Trinajstić information content (AvgIpc) is 2.84. The predicted octanol–water partition coefficient (Wildman–Crippen LogP) is 2.07. The van der Waals surface area contributed by atoms with Gasteiger partial charge in [0.2, 0.25) is 5.78 Å². The van der Waals surface area contributed by atoms with Crippen molar-refractivity contribution in [1.82, 2.24) is 0 Å². The molecule has 0 fully saturated rings. The highest BCUT2D eigenvalue weighted by atomic mass is 32.2. The van der Waals surface area contributed by atoms with Gasteiger partial charge in [0.1, 0.15) is 36.7 Å². The van der Waals surface area contributed by atoms with E-state index in [1.165, 1.54) is 0 Å². The molecule has 0 unspecified atom stereocenters. The van der Waals surface area contributed by atoms with Gasteiger partial charge in [-0.05, 0) is 29.8 Å². The first-order valence-electron chi connectivity index (χ1n) is 10.8. The summed E-state index contributed by atoms with van der Waals surface area (Å²) in [5, 5.41) is 6.41. The number of anilines is 1. The fourth-order valence-electron chi connectivity index (χ4n) is 4.17. The van der Waals surface area contributed by atoms with E-state index in [2.05, 4.69) is 15.2 Å². The molecule has 0 bridgehead atoms. The van der Waals surface area contributed by atoms with Gasteiger partial charge < -0.3 is 5.73 Å². The Morgan fingerprint density at radius 1 is 0.738 bits per heavy atom. The van der Waals surface area contributed by atoms with Gasteiger partial charge in [-0.1, -0.05) is 18.2 Å². The van der Waals surface area contributed by atoms with Crippen LogP contribution in [0, 0.1) is 0 Å². The zero-order valence-electron chi connectivity index (χ0n) is 20.6. The largest absolute Gasteiger partial charge is 0.396 e. The number of azo groups is 1. The van der Waals surface area contributed by atoms with Gasteiger partial charge in [-0.3, -0.25) is 28.0 Å². The SMILES string of the molecule is C/N=C1/C(=O)c2c(cc(S(=O)(=O)O)c(/N=N/c3ccc4c(S(=O)(=O)O)cccc4c3S(=O)(=O)O)c2N)C=C1S(=O)(=O)O. The van der Waals surface area contributed by atoms with E-state index in [1.54, 1.807) is 0 Å². The maximum Gasteiger partial charge on any atom is 0.297 e. The van der Waals surface area contributed by atoms with Crippen LogP contribution < -0.4 is 5.73 Å². The minimum absolute atomic E-state index is 0.350. The molecule has 0 aliphatic heterocycles. The molecule has 17 nitrogen and oxygen atoms in total. The van der Waals surface area contributed by atoms with Crippen molar-refractivity contribution in [3.8, 4) is 0 Å². The van der Waals surface area contributed by atoms with Crippen LogP contribution in [0.4, 0.5) is 17.1 Å². The van der Waals surface area contributed by atoms with Gasteiger partial charge in [-0.2, -0.15) is 33.7 Å². The van der Waals surface area contributed by atoms with Gasteiger partial charge in [0.15, 0.2) is 0 Å². The Labute approximate surface area is 237 Å². The molecule has 3 aromatic rings. The van der Waals surface area contributed by atoms with Crippen molar-refractivity contribution in [3.63, 3.8) is 0 Å². The molecule has 1 aliphatic rings. The Balaban J connectivity index is 2.06. The number of benzene rings is 3. The minimum atomic E-state index is -5.26. The number of nitrogens with two attached hydrogens (primary N) is 1. The zero-order chi connectivity index (χ0) is 31.6. The first-order valence-corrected chi connectivity index (χ1v) is 16.5. The third-order valence-corrected chi connectivity index (χ3v) is 9.41. The molecular formula is C21H16N4O13S4. The van der Waals surface area contributed by atoms with Crippen molar-refractivity contribution in [2.45, 2.75) is 14.7 Å². The Kier molecular flexibility index (Phi) is 7.45. The number of hydrogen-bond acceptors (Lipinski definition) is 13. The number of allylic oxidation sites excluding steroid dienone is 1. The summed E-state index contributed by atoms with van der Waals surface area (Å²) in [6.45, 7) is 0. The summed E-state index contributed by atoms with van der Waals surface area (Å²) >= 11 is 0. The second kappa shape index (κ2) is 10.1. The van der Waals surface area contributed by atoms with Gasteiger partial charge in [0.05, 0.1) is 11.3 Å². The summed E-state index contributed by atoms with van der Waals surface area (Å²) in [7, 11) is -19.4. The molecule has 1 aliphatic carbocycles. The third kappa shape index (κ3) is 5.46. The molecule has 222 valence electrons. The highest BCUT2D eigenvalue weighted by Gasteiger charge is 2.36. The fraction of sp³-hybridized carbons (Fsp3) is 0.0476. The molecule has 0 aromatic heterocycles. The van der Waals surface area contributed by atoms with Crippen LogP contribution in [0.25, 0.3) is 16.8 Å². The molecule has 0 spiro atoms. The van der Waals surface area contributed by atoms with Gasteiger partial charge in [-0.15, -0.1) is 10.2 Å². The van der Waals surface area contributed by atoms with E-state index in [4.69, 9.17) is 5.73 Å². The van der Waals surface area contributed by atoms with Gasteiger partial charge >= 0.3 is 0 Å². The number of rotatable bonds is 6. The number of hydrogen-bond donors (Lipinski definition) is 5. The first kappa shape index (κ1) is 31.0. The summed E-state index contributed by atoms with van der Waals surface area (Å²) in [6.07, 6.45) is 0.674. The van der Waals surface area contributed by atoms with Crippen molar-refractivity contribution in [2.24, 2.45) is 15.2 Å². The minimum Gasteiger partial charge on any atom is -0.396 e. The van der Waals surface area contributed by atoms with Gasteiger partial charge in [0, 0.05) is 17.8 Å². The standard InChI is InChI=1S/C21H16N4O13S4/c1-23-19-15(41(33,34)35)8-9-7-14(40(30,31)32)18(17(22)16(9)20(19)26)25-24-12-6-5-10-11(21(12)42(36,37)38)3-2-4-13(10)39(27,28)29/h2-8H,22H2,1H3,(H,27,28,29)(H,30,31,32)(H,33,34,35)(H,36,37,38)/b23-19+,25-24+. The second-order valence-electron chi connectivity index (χ2n) is 8.38. The molecule has 0 atom stereocenters. The van der Waals surface area contributed by atoms with Crippen LogP contribution in [0.5, 0.6) is 0 Å². The highest BCUT2D eigenvalue weighted by Crippen LogP contribution is 2.42. The fourth-order valence-corrected chi connectivity index (χ4v) is 7.08. The van der Waals surface area contributed by atoms with E-state index in [-0.39, 0.29) is 5.39 Å². The van der Waals surface area contributed by atoms with Crippen LogP contribution in [-0.2, 0) is 40.5 Å². The van der Waals surface area contributed by atoms with Crippen molar-refractivity contribution >= 4 is 85.9 Å². The van der Waals surface area contributed by atoms with E-state index >= 15 is 0 Å². The summed E-state index contributed by atoms with van der Waals surface area (Å²) in [4.78, 5) is 12.7. The van der Waals surface area contributed by atoms with Gasteiger partial charge in [0.25, 0.3) is 40.5 Å². The molecule has 0 amide bonds. The normalized spacial score (nSPS) is 15.8. The molecular weight excluding hydrogens is 645 g/mol. The number of aliphatic imine (C=N–C) groups is 1. The molecule has 21 heteroatoms. The quantitative estimate of drug-likeness (QED) is 0.144. The van der Waals surface area contributed by atoms with Crippen LogP contribution in [0.1, 0.15) is 15.9 Å². The van der Waals surface area contributed by atoms with Crippen LogP contribution in [0.2, 0.25) is 0 Å². The topological polar surface area (TPSA) is 298 Å². The predicted molar refractivity (Wildman–Crippen MR) is 146 cm³/mol. The van der Waals surface area contributed by atoms with Crippen LogP contribution >= 0.6 is 0 Å². The summed E-state index contributed by atoms with van der Waals surface area (Å²) in [6, 6.07) is 5.49. The van der Waals surface area contributed by atoms with Crippen LogP contribution in [0.15, 0.2) is 71.2 Å². The van der Waals surface area contributed by atoms with E-state index in [9.17, 15) is 56.7 Å². The smallest absolute Gasteiger partial charge is 0.297 e. The summed E-state index contributed by atoms with van der Waals surface area (Å²) in [5.41, 5.74) is 1.77. The Bertz CT molecular complexity index is 2270. The summed E-state index contributed by atoms with van der Waals surface area (Å²) < 4.78 is 135. The average molecular weight is 661 g/mol. The second-order valence-corrected chi connectivity index (χ2v) is 13.9. The number of nitrogens with zero attached hydrogens (tertiary/aromatic N) is 3. The first-order chi connectivity index (χ1) is 19.2. The number of ketones is 1. The van der Waals surface area contributed by atoms with Crippen LogP contribution in [-0.4, -0.2) is 70.4 Å². The van der Waals surface area contributed by atoms with Gasteiger partial charge in [-0.25, -0.2) is 0 Å². The maximum absolute atomic E-state index is 13.1. The number of carbonyl (C=O) groups is 1. The monoisotopic (exact) mass is 660 g/mol. The molecule has 0 radical (unpaired) electrons. The maximum atomic E-state index is 13.1. The number of carbonyl (C=O) groups excluding carboxylic acids is 1. The third-order valence-electron chi connectivity index (χ3n) is 5.82. The van der Waals surface area contributed by atoms with Crippen molar-refractivity contribution in [1.29, 1.82) is 0 Å². The lowest BCUT2D eigenvalue weighted by atomic mass is 9.92. The number of nitrogen functional groups attached to an aromatic ring is 1. The Hall–Kier alpha value is -3.96. The van der Waals surface area contributed by atoms with E-state index in [0.29, 0.717) is 12.1 Å². The van der Waals surface area contributed by atoms with Crippen LogP contribution in [0.3, 0.4) is 0 Å². The van der Waals surface area contributed by atoms with Crippen molar-refractivity contribution in [3.05, 3.63) is 52.4 Å². The number of Topliss-reactive ketones (excluding diaryl/α,β-unsaturated/α-hetero) is 1. The Morgan fingerprint density at radius 2 is 1.36 bits per heavy atom. The molecule has 0 saturated carbocycles.